The predicted molar refractivity (Wildman–Crippen MR) is 136 cm³/mol. The van der Waals surface area contributed by atoms with E-state index in [9.17, 15) is 9.59 Å². The number of aromatic nitrogens is 3. The van der Waals surface area contributed by atoms with Crippen LogP contribution in [-0.2, 0) is 28.1 Å². The summed E-state index contributed by atoms with van der Waals surface area (Å²) >= 11 is 1.43. The van der Waals surface area contributed by atoms with E-state index in [1.807, 2.05) is 42.5 Å². The van der Waals surface area contributed by atoms with Gasteiger partial charge in [0.25, 0.3) is 0 Å². The molecule has 1 amide bonds. The highest BCUT2D eigenvalue weighted by molar-refractivity contribution is 8.00. The molecule has 1 unspecified atom stereocenters. The Morgan fingerprint density at radius 2 is 1.97 bits per heavy atom. The number of hydrogen-bond donors (Lipinski definition) is 0. The largest absolute Gasteiger partial charge is 0.347 e. The number of ketones is 1. The van der Waals surface area contributed by atoms with Gasteiger partial charge < -0.3 is 14.4 Å². The van der Waals surface area contributed by atoms with E-state index in [4.69, 9.17) is 0 Å². The van der Waals surface area contributed by atoms with Gasteiger partial charge in [0.05, 0.1) is 11.8 Å². The van der Waals surface area contributed by atoms with E-state index in [1.54, 1.807) is 6.08 Å². The molecule has 0 spiro atoms. The number of benzene rings is 1. The molecule has 0 radical (unpaired) electrons. The lowest BCUT2D eigenvalue weighted by atomic mass is 9.83. The lowest BCUT2D eigenvalue weighted by Crippen LogP contribution is -2.31. The van der Waals surface area contributed by atoms with Crippen molar-refractivity contribution in [1.29, 1.82) is 0 Å². The SMILES string of the molecule is CCn1c(CN2CCCCCC2=O)nnc1SC(C)C(=O)/C=C1/N(C)c2ccccc2C1(C)C. The van der Waals surface area contributed by atoms with Crippen LogP contribution >= 0.6 is 11.8 Å². The highest BCUT2D eigenvalue weighted by Gasteiger charge is 2.39. The van der Waals surface area contributed by atoms with Gasteiger partial charge in [-0.05, 0) is 38.3 Å². The van der Waals surface area contributed by atoms with Crippen molar-refractivity contribution in [2.45, 2.75) is 82.3 Å². The van der Waals surface area contributed by atoms with Crippen molar-refractivity contribution >= 4 is 29.1 Å². The molecule has 1 aromatic heterocycles. The monoisotopic (exact) mass is 481 g/mol. The Labute approximate surface area is 206 Å². The molecular weight excluding hydrogens is 446 g/mol. The van der Waals surface area contributed by atoms with Crippen LogP contribution in [0.4, 0.5) is 5.69 Å². The number of carbonyl (C=O) groups excluding carboxylic acids is 2. The molecule has 0 saturated carbocycles. The zero-order chi connectivity index (χ0) is 24.5. The minimum atomic E-state index is -0.303. The lowest BCUT2D eigenvalue weighted by Gasteiger charge is -2.24. The maximum atomic E-state index is 13.3. The molecule has 0 aliphatic carbocycles. The Bertz CT molecular complexity index is 1110. The summed E-state index contributed by atoms with van der Waals surface area (Å²) < 4.78 is 2.03. The van der Waals surface area contributed by atoms with Crippen LogP contribution in [-0.4, -0.2) is 50.2 Å². The number of fused-ring (bicyclic) bond motifs is 1. The van der Waals surface area contributed by atoms with E-state index in [-0.39, 0.29) is 22.4 Å². The second-order valence-electron chi connectivity index (χ2n) is 9.66. The van der Waals surface area contributed by atoms with Crippen LogP contribution in [0, 0.1) is 0 Å². The fourth-order valence-electron chi connectivity index (χ4n) is 4.94. The third-order valence-electron chi connectivity index (χ3n) is 7.02. The van der Waals surface area contributed by atoms with Gasteiger partial charge in [-0.25, -0.2) is 0 Å². The number of rotatable bonds is 7. The molecule has 4 rings (SSSR count). The number of para-hydroxylation sites is 1. The maximum absolute atomic E-state index is 13.3. The van der Waals surface area contributed by atoms with Crippen LogP contribution < -0.4 is 4.90 Å². The first-order valence-electron chi connectivity index (χ1n) is 12.2. The van der Waals surface area contributed by atoms with Crippen LogP contribution in [0.3, 0.4) is 0 Å². The Morgan fingerprint density at radius 1 is 1.21 bits per heavy atom. The van der Waals surface area contributed by atoms with Crippen molar-refractivity contribution in [2.75, 3.05) is 18.5 Å². The van der Waals surface area contributed by atoms with E-state index >= 15 is 0 Å². The fraction of sp³-hybridized carbons (Fsp3) is 0.538. The van der Waals surface area contributed by atoms with Crippen LogP contribution in [0.15, 0.2) is 41.2 Å². The number of allylic oxidation sites excluding steroid dienone is 2. The summed E-state index contributed by atoms with van der Waals surface area (Å²) in [4.78, 5) is 29.7. The second-order valence-corrected chi connectivity index (χ2v) is 11.0. The number of amides is 1. The van der Waals surface area contributed by atoms with Crippen molar-refractivity contribution in [1.82, 2.24) is 19.7 Å². The molecule has 1 fully saturated rings. The van der Waals surface area contributed by atoms with Crippen molar-refractivity contribution in [3.63, 3.8) is 0 Å². The van der Waals surface area contributed by atoms with Gasteiger partial charge in [0, 0.05) is 49.4 Å². The van der Waals surface area contributed by atoms with Gasteiger partial charge >= 0.3 is 0 Å². The average Bonchev–Trinajstić information content (AvgIpc) is 3.18. The molecule has 8 heteroatoms. The van der Waals surface area contributed by atoms with Crippen LogP contribution in [0.25, 0.3) is 0 Å². The topological polar surface area (TPSA) is 71.3 Å². The molecule has 1 aromatic carbocycles. The highest BCUT2D eigenvalue weighted by atomic mass is 32.2. The van der Waals surface area contributed by atoms with Gasteiger partial charge in [-0.2, -0.15) is 0 Å². The maximum Gasteiger partial charge on any atom is 0.222 e. The van der Waals surface area contributed by atoms with Crippen molar-refractivity contribution in [3.8, 4) is 0 Å². The van der Waals surface area contributed by atoms with Crippen molar-refractivity contribution < 1.29 is 9.59 Å². The number of likely N-dealkylation sites (N-methyl/N-ethyl adjacent to an activating group) is 1. The lowest BCUT2D eigenvalue weighted by molar-refractivity contribution is -0.131. The third kappa shape index (κ3) is 4.65. The summed E-state index contributed by atoms with van der Waals surface area (Å²) in [5, 5.41) is 9.19. The first-order chi connectivity index (χ1) is 16.2. The summed E-state index contributed by atoms with van der Waals surface area (Å²) in [5.74, 6) is 1.03. The van der Waals surface area contributed by atoms with Gasteiger partial charge in [-0.1, -0.05) is 50.2 Å². The van der Waals surface area contributed by atoms with Gasteiger partial charge in [-0.15, -0.1) is 10.2 Å². The molecule has 2 aromatic rings. The van der Waals surface area contributed by atoms with Crippen LogP contribution in [0.5, 0.6) is 0 Å². The Hall–Kier alpha value is -2.61. The first-order valence-corrected chi connectivity index (χ1v) is 13.1. The molecule has 7 nitrogen and oxygen atoms in total. The fourth-order valence-corrected chi connectivity index (χ4v) is 5.89. The molecule has 182 valence electrons. The van der Waals surface area contributed by atoms with E-state index in [2.05, 4.69) is 41.1 Å². The quantitative estimate of drug-likeness (QED) is 0.426. The zero-order valence-electron chi connectivity index (χ0n) is 20.9. The number of likely N-dealkylation sites (tertiary alicyclic amines) is 1. The molecule has 1 saturated heterocycles. The number of thioether (sulfide) groups is 1. The molecule has 2 aliphatic rings. The third-order valence-corrected chi connectivity index (χ3v) is 8.11. The second kappa shape index (κ2) is 9.94. The molecule has 2 aliphatic heterocycles. The molecule has 1 atom stereocenters. The van der Waals surface area contributed by atoms with E-state index in [0.29, 0.717) is 19.5 Å². The number of carbonyl (C=O) groups is 2. The number of nitrogens with zero attached hydrogens (tertiary/aromatic N) is 5. The standard InChI is InChI=1S/C26H35N5O2S/c1-6-31-23(17-30-15-11-7-8-14-24(30)33)27-28-25(31)34-18(2)21(32)16-22-26(3,4)19-12-9-10-13-20(19)29(22)5/h9-10,12-13,16,18H,6-8,11,14-15,17H2,1-5H3/b22-16+. The first kappa shape index (κ1) is 24.5. The van der Waals surface area contributed by atoms with Crippen LogP contribution in [0.1, 0.15) is 64.8 Å². The normalized spacial score (nSPS) is 19.9. The van der Waals surface area contributed by atoms with Crippen LogP contribution in [0.2, 0.25) is 0 Å². The predicted octanol–water partition coefficient (Wildman–Crippen LogP) is 4.56. The summed E-state index contributed by atoms with van der Waals surface area (Å²) in [6.07, 6.45) is 5.49. The Balaban J connectivity index is 1.49. The highest BCUT2D eigenvalue weighted by Crippen LogP contribution is 2.46. The molecule has 0 bridgehead atoms. The van der Waals surface area contributed by atoms with Gasteiger partial charge in [-0.3, -0.25) is 9.59 Å². The zero-order valence-corrected chi connectivity index (χ0v) is 21.7. The van der Waals surface area contributed by atoms with E-state index < -0.39 is 0 Å². The summed E-state index contributed by atoms with van der Waals surface area (Å²) in [7, 11) is 2.02. The van der Waals surface area contributed by atoms with Gasteiger partial charge in [0.1, 0.15) is 0 Å². The average molecular weight is 482 g/mol. The smallest absolute Gasteiger partial charge is 0.222 e. The van der Waals surface area contributed by atoms with E-state index in [1.165, 1.54) is 17.3 Å². The van der Waals surface area contributed by atoms with Crippen molar-refractivity contribution in [3.05, 3.63) is 47.4 Å². The number of hydrogen-bond acceptors (Lipinski definition) is 6. The Kier molecular flexibility index (Phi) is 7.17. The minimum Gasteiger partial charge on any atom is -0.347 e. The summed E-state index contributed by atoms with van der Waals surface area (Å²) in [6, 6.07) is 8.31. The Morgan fingerprint density at radius 3 is 2.71 bits per heavy atom. The molecule has 0 N–H and O–H groups in total. The van der Waals surface area contributed by atoms with Gasteiger partial charge in [0.2, 0.25) is 5.91 Å². The van der Waals surface area contributed by atoms with Crippen molar-refractivity contribution in [2.24, 2.45) is 0 Å². The molecular formula is C26H35N5O2S. The number of anilines is 1. The summed E-state index contributed by atoms with van der Waals surface area (Å²) in [5.41, 5.74) is 3.14. The minimum absolute atomic E-state index is 0.0580. The molecule has 34 heavy (non-hydrogen) atoms. The van der Waals surface area contributed by atoms with E-state index in [0.717, 1.165) is 48.2 Å². The summed E-state index contributed by atoms with van der Waals surface area (Å²) in [6.45, 7) is 10.2. The van der Waals surface area contributed by atoms with Gasteiger partial charge in [0.15, 0.2) is 16.8 Å². The molecule has 3 heterocycles.